The molecule has 0 fully saturated rings. The lowest BCUT2D eigenvalue weighted by atomic mass is 10.0. The maximum Gasteiger partial charge on any atom is 0.227 e. The number of nitrogens with zero attached hydrogens (tertiary/aromatic N) is 1. The van der Waals surface area contributed by atoms with E-state index in [0.717, 1.165) is 22.3 Å². The summed E-state index contributed by atoms with van der Waals surface area (Å²) in [5, 5.41) is 0. The van der Waals surface area contributed by atoms with Crippen molar-refractivity contribution in [1.82, 2.24) is 0 Å². The maximum atomic E-state index is 12.2. The first-order chi connectivity index (χ1) is 10.6. The Morgan fingerprint density at radius 2 is 2.05 bits per heavy atom. The van der Waals surface area contributed by atoms with Gasteiger partial charge >= 0.3 is 0 Å². The number of aryl methyl sites for hydroxylation is 2. The first kappa shape index (κ1) is 15.1. The van der Waals surface area contributed by atoms with Crippen molar-refractivity contribution < 1.29 is 9.53 Å². The van der Waals surface area contributed by atoms with E-state index in [-0.39, 0.29) is 5.91 Å². The van der Waals surface area contributed by atoms with Gasteiger partial charge in [0, 0.05) is 16.6 Å². The summed E-state index contributed by atoms with van der Waals surface area (Å²) in [5.41, 5.74) is 3.39. The molecule has 4 heteroatoms. The molecule has 22 heavy (non-hydrogen) atoms. The molecule has 1 aliphatic rings. The molecule has 0 radical (unpaired) electrons. The van der Waals surface area contributed by atoms with Crippen molar-refractivity contribution in [3.05, 3.63) is 58.1 Å². The molecule has 0 unspecified atom stereocenters. The lowest BCUT2D eigenvalue weighted by Crippen LogP contribution is -2.38. The summed E-state index contributed by atoms with van der Waals surface area (Å²) in [4.78, 5) is 14.0. The lowest BCUT2D eigenvalue weighted by molar-refractivity contribution is -0.119. The standard InChI is InChI=1S/C18H18BrNO2/c1-13-3-2-4-16(11-13)22-10-9-20-17-7-6-15(19)12-14(17)5-8-18(20)21/h2-4,6-7,11-12H,5,8-10H2,1H3. The number of halogens is 1. The van der Waals surface area contributed by atoms with E-state index in [2.05, 4.69) is 22.0 Å². The van der Waals surface area contributed by atoms with Crippen molar-refractivity contribution in [2.45, 2.75) is 19.8 Å². The second-order valence-electron chi connectivity index (χ2n) is 5.48. The number of hydrogen-bond donors (Lipinski definition) is 0. The number of fused-ring (bicyclic) bond motifs is 1. The Balaban J connectivity index is 1.68. The van der Waals surface area contributed by atoms with Gasteiger partial charge in [-0.2, -0.15) is 0 Å². The number of hydrogen-bond acceptors (Lipinski definition) is 2. The van der Waals surface area contributed by atoms with Crippen molar-refractivity contribution in [2.75, 3.05) is 18.1 Å². The van der Waals surface area contributed by atoms with E-state index in [4.69, 9.17) is 4.74 Å². The smallest absolute Gasteiger partial charge is 0.227 e. The van der Waals surface area contributed by atoms with Gasteiger partial charge in [0.15, 0.2) is 0 Å². The normalized spacial score (nSPS) is 13.9. The fourth-order valence-electron chi connectivity index (χ4n) is 2.73. The molecule has 2 aromatic rings. The Kier molecular flexibility index (Phi) is 4.48. The largest absolute Gasteiger partial charge is 0.492 e. The average molecular weight is 360 g/mol. The molecule has 0 spiro atoms. The van der Waals surface area contributed by atoms with Crippen LogP contribution in [-0.2, 0) is 11.2 Å². The predicted octanol–water partition coefficient (Wildman–Crippen LogP) is 4.12. The zero-order valence-corrected chi connectivity index (χ0v) is 14.1. The highest BCUT2D eigenvalue weighted by molar-refractivity contribution is 9.10. The van der Waals surface area contributed by atoms with Crippen LogP contribution in [0.2, 0.25) is 0 Å². The summed E-state index contributed by atoms with van der Waals surface area (Å²) in [6, 6.07) is 14.0. The molecule has 3 nitrogen and oxygen atoms in total. The Morgan fingerprint density at radius 1 is 1.18 bits per heavy atom. The zero-order chi connectivity index (χ0) is 15.5. The summed E-state index contributed by atoms with van der Waals surface area (Å²) in [5.74, 6) is 1.02. The van der Waals surface area contributed by atoms with Gasteiger partial charge in [-0.3, -0.25) is 4.79 Å². The Hall–Kier alpha value is -1.81. The van der Waals surface area contributed by atoms with E-state index in [1.165, 1.54) is 11.1 Å². The van der Waals surface area contributed by atoms with E-state index in [1.807, 2.05) is 48.2 Å². The van der Waals surface area contributed by atoms with Gasteiger partial charge in [0.2, 0.25) is 5.91 Å². The van der Waals surface area contributed by atoms with Crippen molar-refractivity contribution in [2.24, 2.45) is 0 Å². The minimum Gasteiger partial charge on any atom is -0.492 e. The minimum atomic E-state index is 0.169. The highest BCUT2D eigenvalue weighted by Crippen LogP contribution is 2.30. The van der Waals surface area contributed by atoms with Crippen LogP contribution in [0.4, 0.5) is 5.69 Å². The molecule has 114 valence electrons. The molecule has 0 N–H and O–H groups in total. The van der Waals surface area contributed by atoms with Crippen LogP contribution in [0, 0.1) is 6.92 Å². The molecule has 0 saturated heterocycles. The number of benzene rings is 2. The fourth-order valence-corrected chi connectivity index (χ4v) is 3.14. The van der Waals surface area contributed by atoms with Crippen LogP contribution in [0.3, 0.4) is 0 Å². The Morgan fingerprint density at radius 3 is 2.86 bits per heavy atom. The fraction of sp³-hybridized carbons (Fsp3) is 0.278. The number of ether oxygens (including phenoxy) is 1. The lowest BCUT2D eigenvalue weighted by Gasteiger charge is -2.29. The van der Waals surface area contributed by atoms with Crippen LogP contribution >= 0.6 is 15.9 Å². The van der Waals surface area contributed by atoms with Gasteiger partial charge in [0.1, 0.15) is 12.4 Å². The third kappa shape index (κ3) is 3.33. The zero-order valence-electron chi connectivity index (χ0n) is 12.5. The molecule has 0 atom stereocenters. The second-order valence-corrected chi connectivity index (χ2v) is 6.40. The summed E-state index contributed by atoms with van der Waals surface area (Å²) in [6.07, 6.45) is 1.37. The molecule has 0 aliphatic carbocycles. The number of anilines is 1. The second kappa shape index (κ2) is 6.53. The van der Waals surface area contributed by atoms with Crippen LogP contribution in [-0.4, -0.2) is 19.1 Å². The molecule has 3 rings (SSSR count). The van der Waals surface area contributed by atoms with Crippen LogP contribution in [0.15, 0.2) is 46.9 Å². The quantitative estimate of drug-likeness (QED) is 0.821. The van der Waals surface area contributed by atoms with E-state index in [0.29, 0.717) is 19.6 Å². The number of rotatable bonds is 4. The number of carbonyl (C=O) groups is 1. The number of carbonyl (C=O) groups excluding carboxylic acids is 1. The molecule has 1 aliphatic heterocycles. The molecule has 0 saturated carbocycles. The van der Waals surface area contributed by atoms with Crippen LogP contribution < -0.4 is 9.64 Å². The van der Waals surface area contributed by atoms with Gasteiger partial charge in [-0.1, -0.05) is 28.1 Å². The SMILES string of the molecule is Cc1cccc(OCCN2C(=O)CCc3cc(Br)ccc32)c1. The summed E-state index contributed by atoms with van der Waals surface area (Å²) in [6.45, 7) is 3.10. The van der Waals surface area contributed by atoms with Crippen LogP contribution in [0.1, 0.15) is 17.5 Å². The van der Waals surface area contributed by atoms with Crippen molar-refractivity contribution in [3.63, 3.8) is 0 Å². The van der Waals surface area contributed by atoms with Crippen molar-refractivity contribution >= 4 is 27.5 Å². The molecule has 2 aromatic carbocycles. The minimum absolute atomic E-state index is 0.169. The monoisotopic (exact) mass is 359 g/mol. The van der Waals surface area contributed by atoms with Crippen molar-refractivity contribution in [1.29, 1.82) is 0 Å². The molecular weight excluding hydrogens is 342 g/mol. The van der Waals surface area contributed by atoms with Crippen molar-refractivity contribution in [3.8, 4) is 5.75 Å². The van der Waals surface area contributed by atoms with E-state index in [1.54, 1.807) is 0 Å². The summed E-state index contributed by atoms with van der Waals surface area (Å²) in [7, 11) is 0. The average Bonchev–Trinajstić information content (AvgIpc) is 2.49. The maximum absolute atomic E-state index is 12.2. The molecule has 0 aromatic heterocycles. The van der Waals surface area contributed by atoms with Gasteiger partial charge in [0.05, 0.1) is 6.54 Å². The Labute approximate surface area is 139 Å². The van der Waals surface area contributed by atoms with Crippen LogP contribution in [0.5, 0.6) is 5.75 Å². The van der Waals surface area contributed by atoms with E-state index < -0.39 is 0 Å². The first-order valence-electron chi connectivity index (χ1n) is 7.42. The van der Waals surface area contributed by atoms with E-state index in [9.17, 15) is 4.79 Å². The third-order valence-corrected chi connectivity index (χ3v) is 4.31. The molecular formula is C18H18BrNO2. The third-order valence-electron chi connectivity index (χ3n) is 3.81. The topological polar surface area (TPSA) is 29.5 Å². The predicted molar refractivity (Wildman–Crippen MR) is 91.5 cm³/mol. The van der Waals surface area contributed by atoms with Gasteiger partial charge in [0.25, 0.3) is 0 Å². The summed E-state index contributed by atoms with van der Waals surface area (Å²) < 4.78 is 6.83. The van der Waals surface area contributed by atoms with Gasteiger partial charge in [-0.05, 0) is 54.8 Å². The number of amides is 1. The molecule has 1 heterocycles. The first-order valence-corrected chi connectivity index (χ1v) is 8.21. The van der Waals surface area contributed by atoms with E-state index >= 15 is 0 Å². The highest BCUT2D eigenvalue weighted by Gasteiger charge is 2.23. The van der Waals surface area contributed by atoms with Gasteiger partial charge < -0.3 is 9.64 Å². The van der Waals surface area contributed by atoms with Crippen LogP contribution in [0.25, 0.3) is 0 Å². The highest BCUT2D eigenvalue weighted by atomic mass is 79.9. The van der Waals surface area contributed by atoms with Gasteiger partial charge in [-0.15, -0.1) is 0 Å². The van der Waals surface area contributed by atoms with Gasteiger partial charge in [-0.25, -0.2) is 0 Å². The molecule has 1 amide bonds. The molecule has 0 bridgehead atoms. The Bertz CT molecular complexity index is 699. The summed E-state index contributed by atoms with van der Waals surface area (Å²) >= 11 is 3.49.